The lowest BCUT2D eigenvalue weighted by Crippen LogP contribution is -2.40. The summed E-state index contributed by atoms with van der Waals surface area (Å²) in [5, 5.41) is -0.231. The monoisotopic (exact) mass is 305 g/mol. The number of carbonyl (C=O) groups is 1. The second-order valence-corrected chi connectivity index (χ2v) is 6.82. The van der Waals surface area contributed by atoms with Crippen LogP contribution in [0.15, 0.2) is 23.1 Å². The standard InChI is InChI=1S/C12H13ClFNO3S/c13-11-6-10(3-4-12(11)14)19(17,18)15-5-1-2-9(7-15)8-16/h3-4,6,8-9H,1-2,5,7H2. The number of rotatable bonds is 3. The first kappa shape index (κ1) is 14.4. The third-order valence-corrected chi connectivity index (χ3v) is 5.29. The summed E-state index contributed by atoms with van der Waals surface area (Å²) in [4.78, 5) is 10.7. The topological polar surface area (TPSA) is 54.5 Å². The van der Waals surface area contributed by atoms with Crippen LogP contribution in [-0.4, -0.2) is 32.1 Å². The van der Waals surface area contributed by atoms with Crippen LogP contribution in [0.25, 0.3) is 0 Å². The number of aldehydes is 1. The fourth-order valence-corrected chi connectivity index (χ4v) is 3.90. The molecule has 1 aromatic rings. The Morgan fingerprint density at radius 1 is 1.42 bits per heavy atom. The van der Waals surface area contributed by atoms with Gasteiger partial charge in [0.15, 0.2) is 0 Å². The molecule has 0 amide bonds. The van der Waals surface area contributed by atoms with Gasteiger partial charge in [-0.05, 0) is 31.0 Å². The molecule has 0 saturated carbocycles. The predicted octanol–water partition coefficient (Wildman–Crippen LogP) is 2.08. The van der Waals surface area contributed by atoms with E-state index in [-0.39, 0.29) is 22.4 Å². The Morgan fingerprint density at radius 2 is 2.16 bits per heavy atom. The SMILES string of the molecule is O=CC1CCCN(S(=O)(=O)c2ccc(F)c(Cl)c2)C1. The van der Waals surface area contributed by atoms with Crippen LogP contribution in [-0.2, 0) is 14.8 Å². The van der Waals surface area contributed by atoms with Gasteiger partial charge in [0.2, 0.25) is 10.0 Å². The van der Waals surface area contributed by atoms with Gasteiger partial charge in [0.05, 0.1) is 9.92 Å². The smallest absolute Gasteiger partial charge is 0.243 e. The largest absolute Gasteiger partial charge is 0.303 e. The molecule has 7 heteroatoms. The van der Waals surface area contributed by atoms with Crippen molar-refractivity contribution in [2.45, 2.75) is 17.7 Å². The fourth-order valence-electron chi connectivity index (χ4n) is 2.09. The number of hydrogen-bond acceptors (Lipinski definition) is 3. The number of hydrogen-bond donors (Lipinski definition) is 0. The van der Waals surface area contributed by atoms with E-state index in [1.54, 1.807) is 0 Å². The molecule has 0 spiro atoms. The Bertz CT molecular complexity index is 591. The zero-order valence-corrected chi connectivity index (χ0v) is 11.6. The minimum absolute atomic E-state index is 0.0505. The lowest BCUT2D eigenvalue weighted by molar-refractivity contribution is -0.112. The van der Waals surface area contributed by atoms with E-state index < -0.39 is 15.8 Å². The zero-order valence-electron chi connectivity index (χ0n) is 10.1. The normalized spacial score (nSPS) is 21.3. The van der Waals surface area contributed by atoms with Crippen LogP contribution in [0.4, 0.5) is 4.39 Å². The number of piperidine rings is 1. The number of carbonyl (C=O) groups excluding carboxylic acids is 1. The molecular weight excluding hydrogens is 293 g/mol. The van der Waals surface area contributed by atoms with Crippen molar-refractivity contribution in [2.75, 3.05) is 13.1 Å². The van der Waals surface area contributed by atoms with Crippen LogP contribution in [0.3, 0.4) is 0 Å². The van der Waals surface area contributed by atoms with Crippen molar-refractivity contribution in [1.29, 1.82) is 0 Å². The molecule has 1 fully saturated rings. The van der Waals surface area contributed by atoms with Gasteiger partial charge in [0.1, 0.15) is 12.1 Å². The van der Waals surface area contributed by atoms with E-state index >= 15 is 0 Å². The van der Waals surface area contributed by atoms with E-state index in [2.05, 4.69) is 0 Å². The molecule has 1 unspecified atom stereocenters. The summed E-state index contributed by atoms with van der Waals surface area (Å²) in [5.41, 5.74) is 0. The molecule has 104 valence electrons. The Labute approximate surface area is 116 Å². The van der Waals surface area contributed by atoms with Gasteiger partial charge in [-0.1, -0.05) is 11.6 Å². The second kappa shape index (κ2) is 5.56. The van der Waals surface area contributed by atoms with E-state index in [9.17, 15) is 17.6 Å². The predicted molar refractivity (Wildman–Crippen MR) is 69.0 cm³/mol. The van der Waals surface area contributed by atoms with Crippen LogP contribution >= 0.6 is 11.6 Å². The first-order valence-electron chi connectivity index (χ1n) is 5.85. The summed E-state index contributed by atoms with van der Waals surface area (Å²) in [5.74, 6) is -0.940. The van der Waals surface area contributed by atoms with Crippen molar-refractivity contribution in [3.05, 3.63) is 29.0 Å². The molecule has 2 rings (SSSR count). The number of benzene rings is 1. The minimum Gasteiger partial charge on any atom is -0.303 e. The lowest BCUT2D eigenvalue weighted by atomic mass is 10.0. The van der Waals surface area contributed by atoms with Crippen molar-refractivity contribution in [1.82, 2.24) is 4.31 Å². The summed E-state index contributed by atoms with van der Waals surface area (Å²) in [6.45, 7) is 0.530. The quantitative estimate of drug-likeness (QED) is 0.803. The minimum atomic E-state index is -3.72. The van der Waals surface area contributed by atoms with Gasteiger partial charge in [-0.3, -0.25) is 0 Å². The maximum absolute atomic E-state index is 13.1. The maximum atomic E-state index is 13.1. The second-order valence-electron chi connectivity index (χ2n) is 4.48. The Kier molecular flexibility index (Phi) is 4.23. The summed E-state index contributed by atoms with van der Waals surface area (Å²) in [6, 6.07) is 3.30. The molecule has 0 radical (unpaired) electrons. The molecule has 0 aliphatic carbocycles. The average molecular weight is 306 g/mol. The van der Waals surface area contributed by atoms with Crippen molar-refractivity contribution in [2.24, 2.45) is 5.92 Å². The molecule has 0 N–H and O–H groups in total. The highest BCUT2D eigenvalue weighted by atomic mass is 35.5. The van der Waals surface area contributed by atoms with Crippen LogP contribution in [0.1, 0.15) is 12.8 Å². The molecule has 1 saturated heterocycles. The highest BCUT2D eigenvalue weighted by Crippen LogP contribution is 2.25. The number of halogens is 2. The summed E-state index contributed by atoms with van der Waals surface area (Å²) < 4.78 is 39.0. The van der Waals surface area contributed by atoms with Crippen LogP contribution in [0, 0.1) is 11.7 Å². The van der Waals surface area contributed by atoms with Gasteiger partial charge < -0.3 is 4.79 Å². The van der Waals surface area contributed by atoms with E-state index in [0.29, 0.717) is 19.4 Å². The molecule has 19 heavy (non-hydrogen) atoms. The van der Waals surface area contributed by atoms with Gasteiger partial charge in [0, 0.05) is 19.0 Å². The highest BCUT2D eigenvalue weighted by Gasteiger charge is 2.30. The van der Waals surface area contributed by atoms with Gasteiger partial charge in [-0.2, -0.15) is 4.31 Å². The van der Waals surface area contributed by atoms with Crippen molar-refractivity contribution in [3.63, 3.8) is 0 Å². The van der Waals surface area contributed by atoms with E-state index in [1.807, 2.05) is 0 Å². The first-order valence-corrected chi connectivity index (χ1v) is 7.67. The third kappa shape index (κ3) is 2.96. The molecule has 1 aromatic carbocycles. The number of sulfonamides is 1. The summed E-state index contributed by atoms with van der Waals surface area (Å²) in [7, 11) is -3.72. The Hall–Kier alpha value is -0.980. The summed E-state index contributed by atoms with van der Waals surface area (Å²) in [6.07, 6.45) is 2.11. The number of nitrogens with zero attached hydrogens (tertiary/aromatic N) is 1. The van der Waals surface area contributed by atoms with Crippen molar-refractivity contribution in [3.8, 4) is 0 Å². The van der Waals surface area contributed by atoms with E-state index in [4.69, 9.17) is 11.6 Å². The molecule has 1 atom stereocenters. The Balaban J connectivity index is 2.31. The first-order chi connectivity index (χ1) is 8.95. The Morgan fingerprint density at radius 3 is 2.79 bits per heavy atom. The van der Waals surface area contributed by atoms with Gasteiger partial charge in [-0.25, -0.2) is 12.8 Å². The van der Waals surface area contributed by atoms with Gasteiger partial charge in [-0.15, -0.1) is 0 Å². The third-order valence-electron chi connectivity index (χ3n) is 3.14. The molecule has 1 aliphatic rings. The molecule has 1 heterocycles. The van der Waals surface area contributed by atoms with Crippen LogP contribution in [0.5, 0.6) is 0 Å². The molecule has 0 bridgehead atoms. The van der Waals surface area contributed by atoms with Crippen molar-refractivity contribution < 1.29 is 17.6 Å². The van der Waals surface area contributed by atoms with Gasteiger partial charge >= 0.3 is 0 Å². The molecule has 0 aromatic heterocycles. The van der Waals surface area contributed by atoms with E-state index in [1.165, 1.54) is 10.4 Å². The van der Waals surface area contributed by atoms with Gasteiger partial charge in [0.25, 0.3) is 0 Å². The van der Waals surface area contributed by atoms with Crippen LogP contribution < -0.4 is 0 Å². The molecular formula is C12H13ClFNO3S. The zero-order chi connectivity index (χ0) is 14.0. The molecule has 4 nitrogen and oxygen atoms in total. The fraction of sp³-hybridized carbons (Fsp3) is 0.417. The van der Waals surface area contributed by atoms with Crippen LogP contribution in [0.2, 0.25) is 5.02 Å². The highest BCUT2D eigenvalue weighted by molar-refractivity contribution is 7.89. The van der Waals surface area contributed by atoms with Crippen molar-refractivity contribution >= 4 is 27.9 Å². The van der Waals surface area contributed by atoms with E-state index in [0.717, 1.165) is 18.4 Å². The molecule has 1 aliphatic heterocycles. The maximum Gasteiger partial charge on any atom is 0.243 e. The lowest BCUT2D eigenvalue weighted by Gasteiger charge is -2.29. The average Bonchev–Trinajstić information content (AvgIpc) is 2.41. The summed E-state index contributed by atoms with van der Waals surface area (Å²) >= 11 is 5.60.